The molecule has 0 spiro atoms. The molecule has 2 aromatic rings. The van der Waals surface area contributed by atoms with Gasteiger partial charge in [0.15, 0.2) is 28.8 Å². The van der Waals surface area contributed by atoms with Crippen molar-refractivity contribution in [3.05, 3.63) is 70.1 Å². The zero-order valence-corrected chi connectivity index (χ0v) is 23.8. The SMILES string of the molecule is COc1ccc([C@@H]2C(C(=O)OCCOC(C)C)=C(C)NC3=C2C(=O)C[C@H](c2ccc(OC)c(OC)c2)C3)cc1O. The van der Waals surface area contributed by atoms with Gasteiger partial charge in [0.2, 0.25) is 0 Å². The van der Waals surface area contributed by atoms with E-state index in [-0.39, 0.29) is 43.2 Å². The third-order valence-corrected chi connectivity index (χ3v) is 7.23. The molecule has 4 rings (SSSR count). The largest absolute Gasteiger partial charge is 0.504 e. The molecule has 2 aromatic carbocycles. The molecule has 0 fully saturated rings. The summed E-state index contributed by atoms with van der Waals surface area (Å²) in [5, 5.41) is 13.9. The number of ketones is 1. The predicted octanol–water partition coefficient (Wildman–Crippen LogP) is 4.75. The number of phenols is 1. The van der Waals surface area contributed by atoms with Crippen molar-refractivity contribution in [2.75, 3.05) is 34.5 Å². The quantitative estimate of drug-likeness (QED) is 0.319. The van der Waals surface area contributed by atoms with Crippen molar-refractivity contribution in [2.24, 2.45) is 0 Å². The fourth-order valence-electron chi connectivity index (χ4n) is 5.37. The Morgan fingerprint density at radius 1 is 0.950 bits per heavy atom. The molecule has 2 N–H and O–H groups in total. The number of hydrogen-bond acceptors (Lipinski definition) is 9. The van der Waals surface area contributed by atoms with Crippen LogP contribution in [0.1, 0.15) is 56.6 Å². The predicted molar refractivity (Wildman–Crippen MR) is 149 cm³/mol. The molecule has 2 aliphatic rings. The van der Waals surface area contributed by atoms with Gasteiger partial charge in [0, 0.05) is 29.3 Å². The van der Waals surface area contributed by atoms with Gasteiger partial charge in [0.05, 0.1) is 39.6 Å². The first-order valence-electron chi connectivity index (χ1n) is 13.3. The number of carbonyl (C=O) groups excluding carboxylic acids is 2. The average Bonchev–Trinajstić information content (AvgIpc) is 2.93. The maximum atomic E-state index is 13.9. The molecule has 0 radical (unpaired) electrons. The fraction of sp³-hybridized carbons (Fsp3) is 0.419. The molecule has 0 unspecified atom stereocenters. The van der Waals surface area contributed by atoms with Crippen molar-refractivity contribution in [1.82, 2.24) is 5.32 Å². The van der Waals surface area contributed by atoms with Gasteiger partial charge in [-0.1, -0.05) is 12.1 Å². The Labute approximate surface area is 234 Å². The van der Waals surface area contributed by atoms with E-state index in [9.17, 15) is 14.7 Å². The summed E-state index contributed by atoms with van der Waals surface area (Å²) in [7, 11) is 4.62. The monoisotopic (exact) mass is 551 g/mol. The summed E-state index contributed by atoms with van der Waals surface area (Å²) in [5.41, 5.74) is 3.70. The van der Waals surface area contributed by atoms with Gasteiger partial charge < -0.3 is 34.1 Å². The third-order valence-electron chi connectivity index (χ3n) is 7.23. The van der Waals surface area contributed by atoms with Crippen molar-refractivity contribution < 1.29 is 38.4 Å². The number of hydrogen-bond donors (Lipinski definition) is 2. The third kappa shape index (κ3) is 5.94. The van der Waals surface area contributed by atoms with Crippen LogP contribution in [0.2, 0.25) is 0 Å². The second-order valence-electron chi connectivity index (χ2n) is 10.1. The summed E-state index contributed by atoms with van der Waals surface area (Å²) < 4.78 is 27.1. The maximum Gasteiger partial charge on any atom is 0.336 e. The second-order valence-corrected chi connectivity index (χ2v) is 10.1. The molecule has 1 aliphatic heterocycles. The van der Waals surface area contributed by atoms with E-state index >= 15 is 0 Å². The minimum atomic E-state index is -0.717. The molecular formula is C31H37NO8. The summed E-state index contributed by atoms with van der Waals surface area (Å²) in [6, 6.07) is 10.6. The summed E-state index contributed by atoms with van der Waals surface area (Å²) in [6.07, 6.45) is 0.812. The molecule has 1 heterocycles. The molecule has 0 aromatic heterocycles. The number of aromatic hydroxyl groups is 1. The number of phenolic OH excluding ortho intramolecular Hbond substituents is 1. The van der Waals surface area contributed by atoms with E-state index in [2.05, 4.69) is 5.32 Å². The number of carbonyl (C=O) groups is 2. The van der Waals surface area contributed by atoms with Gasteiger partial charge in [-0.3, -0.25) is 4.79 Å². The lowest BCUT2D eigenvalue weighted by atomic mass is 9.71. The number of allylic oxidation sites excluding steroid dienone is 3. The average molecular weight is 552 g/mol. The molecule has 0 saturated heterocycles. The van der Waals surface area contributed by atoms with Gasteiger partial charge in [0.1, 0.15) is 6.61 Å². The van der Waals surface area contributed by atoms with Gasteiger partial charge in [-0.05, 0) is 68.5 Å². The van der Waals surface area contributed by atoms with E-state index < -0.39 is 11.9 Å². The first kappa shape index (κ1) is 29.0. The number of ether oxygens (including phenoxy) is 5. The lowest BCUT2D eigenvalue weighted by molar-refractivity contribution is -0.141. The first-order valence-corrected chi connectivity index (χ1v) is 13.3. The number of rotatable bonds is 10. The molecule has 1 aliphatic carbocycles. The Morgan fingerprint density at radius 3 is 2.27 bits per heavy atom. The zero-order chi connectivity index (χ0) is 29.0. The van der Waals surface area contributed by atoms with Crippen LogP contribution >= 0.6 is 0 Å². The highest BCUT2D eigenvalue weighted by Crippen LogP contribution is 2.47. The van der Waals surface area contributed by atoms with Crippen molar-refractivity contribution in [2.45, 2.75) is 51.6 Å². The number of methoxy groups -OCH3 is 3. The maximum absolute atomic E-state index is 13.9. The lowest BCUT2D eigenvalue weighted by Crippen LogP contribution is -2.36. The van der Waals surface area contributed by atoms with Crippen molar-refractivity contribution >= 4 is 11.8 Å². The molecule has 40 heavy (non-hydrogen) atoms. The Balaban J connectivity index is 1.72. The van der Waals surface area contributed by atoms with Crippen LogP contribution in [-0.4, -0.2) is 57.5 Å². The Kier molecular flexibility index (Phi) is 9.04. The summed E-state index contributed by atoms with van der Waals surface area (Å²) in [6.45, 7) is 5.95. The van der Waals surface area contributed by atoms with Crippen LogP contribution in [0.3, 0.4) is 0 Å². The molecule has 0 bridgehead atoms. The standard InChI is InChI=1S/C31H37NO8/c1-17(2)39-11-12-40-31(35)28-18(3)32-22-13-21(19-7-10-26(37-5)27(16-19)38-6)15-24(34)30(22)29(28)20-8-9-25(36-4)23(33)14-20/h7-10,14,16-17,21,29,32-33H,11-13,15H2,1-6H3/t21-,29-/m1/s1. The molecule has 9 nitrogen and oxygen atoms in total. The van der Waals surface area contributed by atoms with Gasteiger partial charge in [-0.25, -0.2) is 4.79 Å². The van der Waals surface area contributed by atoms with Gasteiger partial charge in [-0.2, -0.15) is 0 Å². The van der Waals surface area contributed by atoms with E-state index in [0.29, 0.717) is 46.1 Å². The van der Waals surface area contributed by atoms with E-state index in [0.717, 1.165) is 11.3 Å². The van der Waals surface area contributed by atoms with Crippen LogP contribution in [0.25, 0.3) is 0 Å². The van der Waals surface area contributed by atoms with E-state index in [4.69, 9.17) is 23.7 Å². The van der Waals surface area contributed by atoms with Crippen molar-refractivity contribution in [1.29, 1.82) is 0 Å². The molecular weight excluding hydrogens is 514 g/mol. The van der Waals surface area contributed by atoms with Gasteiger partial charge in [0.25, 0.3) is 0 Å². The fourth-order valence-corrected chi connectivity index (χ4v) is 5.37. The van der Waals surface area contributed by atoms with Crippen LogP contribution in [0, 0.1) is 0 Å². The van der Waals surface area contributed by atoms with Gasteiger partial charge in [-0.15, -0.1) is 0 Å². The number of esters is 1. The Hall–Kier alpha value is -3.98. The lowest BCUT2D eigenvalue weighted by Gasteiger charge is -2.37. The summed E-state index contributed by atoms with van der Waals surface area (Å²) in [5.74, 6) is -0.0201. The highest BCUT2D eigenvalue weighted by molar-refractivity contribution is 6.04. The van der Waals surface area contributed by atoms with E-state index in [1.807, 2.05) is 32.0 Å². The summed E-state index contributed by atoms with van der Waals surface area (Å²) >= 11 is 0. The van der Waals surface area contributed by atoms with E-state index in [1.54, 1.807) is 33.3 Å². The number of nitrogens with one attached hydrogen (secondary N) is 1. The number of dihydropyridines is 1. The van der Waals surface area contributed by atoms with Crippen LogP contribution in [0.4, 0.5) is 0 Å². The van der Waals surface area contributed by atoms with Crippen molar-refractivity contribution in [3.8, 4) is 23.0 Å². The van der Waals surface area contributed by atoms with Crippen LogP contribution in [-0.2, 0) is 19.1 Å². The topological polar surface area (TPSA) is 113 Å². The molecule has 0 amide bonds. The highest BCUT2D eigenvalue weighted by atomic mass is 16.6. The molecule has 0 saturated carbocycles. The minimum Gasteiger partial charge on any atom is -0.504 e. The van der Waals surface area contributed by atoms with Crippen LogP contribution < -0.4 is 19.5 Å². The van der Waals surface area contributed by atoms with Crippen LogP contribution in [0.15, 0.2) is 58.9 Å². The number of Topliss-reactive ketones (excluding diaryl/α,β-unsaturated/α-hetero) is 1. The molecule has 214 valence electrons. The second kappa shape index (κ2) is 12.5. The molecule has 9 heteroatoms. The first-order chi connectivity index (χ1) is 19.2. The van der Waals surface area contributed by atoms with Crippen LogP contribution in [0.5, 0.6) is 23.0 Å². The van der Waals surface area contributed by atoms with Crippen molar-refractivity contribution in [3.63, 3.8) is 0 Å². The Morgan fingerprint density at radius 2 is 1.62 bits per heavy atom. The van der Waals surface area contributed by atoms with E-state index in [1.165, 1.54) is 13.2 Å². The minimum absolute atomic E-state index is 0.0113. The van der Waals surface area contributed by atoms with Gasteiger partial charge >= 0.3 is 5.97 Å². The smallest absolute Gasteiger partial charge is 0.336 e. The highest BCUT2D eigenvalue weighted by Gasteiger charge is 2.41. The zero-order valence-electron chi connectivity index (χ0n) is 23.8. The Bertz CT molecular complexity index is 1340. The number of benzene rings is 2. The summed E-state index contributed by atoms with van der Waals surface area (Å²) in [4.78, 5) is 27.3. The molecule has 2 atom stereocenters. The normalized spacial score (nSPS) is 18.8.